The minimum Gasteiger partial charge on any atom is -0.373 e. The van der Waals surface area contributed by atoms with Crippen molar-refractivity contribution in [1.29, 1.82) is 0 Å². The van der Waals surface area contributed by atoms with Gasteiger partial charge in [-0.05, 0) is 23.5 Å². The molecule has 1 saturated carbocycles. The summed E-state index contributed by atoms with van der Waals surface area (Å²) in [6, 6.07) is 8.47. The molecule has 1 N–H and O–H groups in total. The number of nitrogens with zero attached hydrogens (tertiary/aromatic N) is 2. The van der Waals surface area contributed by atoms with Gasteiger partial charge < -0.3 is 9.84 Å². The molecule has 98 valence electrons. The molecular formula is C15H17N3O. The second kappa shape index (κ2) is 3.59. The number of anilines is 1. The largest absolute Gasteiger partial charge is 0.373 e. The maximum Gasteiger partial charge on any atom is 0.249 e. The van der Waals surface area contributed by atoms with Gasteiger partial charge in [-0.15, -0.1) is 0 Å². The molecule has 1 fully saturated rings. The Morgan fingerprint density at radius 1 is 1.32 bits per heavy atom. The van der Waals surface area contributed by atoms with E-state index in [0.717, 1.165) is 18.7 Å². The summed E-state index contributed by atoms with van der Waals surface area (Å²) in [6.45, 7) is 4.49. The first-order chi connectivity index (χ1) is 9.13. The fourth-order valence-corrected chi connectivity index (χ4v) is 2.89. The molecule has 1 aromatic heterocycles. The first-order valence-electron chi connectivity index (χ1n) is 6.81. The molecule has 4 rings (SSSR count). The zero-order valence-corrected chi connectivity index (χ0v) is 11.2. The molecule has 4 heteroatoms. The van der Waals surface area contributed by atoms with Crippen LogP contribution in [0.2, 0.25) is 0 Å². The molecule has 2 heterocycles. The van der Waals surface area contributed by atoms with Crippen LogP contribution in [0.4, 0.5) is 5.69 Å². The summed E-state index contributed by atoms with van der Waals surface area (Å²) >= 11 is 0. The van der Waals surface area contributed by atoms with Gasteiger partial charge in [-0.25, -0.2) is 0 Å². The predicted molar refractivity (Wildman–Crippen MR) is 71.9 cm³/mol. The van der Waals surface area contributed by atoms with Crippen LogP contribution in [0.25, 0.3) is 0 Å². The van der Waals surface area contributed by atoms with E-state index < -0.39 is 0 Å². The fourth-order valence-electron chi connectivity index (χ4n) is 2.89. The number of benzene rings is 1. The smallest absolute Gasteiger partial charge is 0.249 e. The van der Waals surface area contributed by atoms with Crippen molar-refractivity contribution < 1.29 is 4.52 Å². The standard InChI is InChI=1S/C15H17N3O/c1-15(2)8-10(15)13-17-14(19-18-13)12-7-9-5-3-4-6-11(9)16-12/h3-6,10,12,16H,7-8H2,1-2H3. The van der Waals surface area contributed by atoms with E-state index in [4.69, 9.17) is 4.52 Å². The van der Waals surface area contributed by atoms with Gasteiger partial charge in [-0.3, -0.25) is 0 Å². The zero-order valence-electron chi connectivity index (χ0n) is 11.2. The molecule has 1 aromatic carbocycles. The quantitative estimate of drug-likeness (QED) is 0.894. The summed E-state index contributed by atoms with van der Waals surface area (Å²) in [5.74, 6) is 2.06. The first kappa shape index (κ1) is 11.0. The van der Waals surface area contributed by atoms with Crippen LogP contribution in [0, 0.1) is 5.41 Å². The third kappa shape index (κ3) is 1.74. The Balaban J connectivity index is 1.56. The van der Waals surface area contributed by atoms with Crippen LogP contribution in [0.5, 0.6) is 0 Å². The van der Waals surface area contributed by atoms with E-state index in [9.17, 15) is 0 Å². The lowest BCUT2D eigenvalue weighted by molar-refractivity contribution is 0.358. The Kier molecular flexibility index (Phi) is 2.08. The number of hydrogen-bond donors (Lipinski definition) is 1. The second-order valence-electron chi connectivity index (χ2n) is 6.29. The summed E-state index contributed by atoms with van der Waals surface area (Å²) in [5, 5.41) is 7.60. The van der Waals surface area contributed by atoms with E-state index in [1.54, 1.807) is 0 Å². The minimum atomic E-state index is 0.125. The lowest BCUT2D eigenvalue weighted by Crippen LogP contribution is -2.06. The lowest BCUT2D eigenvalue weighted by Gasteiger charge is -2.04. The van der Waals surface area contributed by atoms with Gasteiger partial charge in [0.1, 0.15) is 6.04 Å². The predicted octanol–water partition coefficient (Wildman–Crippen LogP) is 3.29. The third-order valence-corrected chi connectivity index (χ3v) is 4.35. The van der Waals surface area contributed by atoms with E-state index in [1.165, 1.54) is 11.3 Å². The molecule has 2 aromatic rings. The Morgan fingerprint density at radius 3 is 2.84 bits per heavy atom. The molecule has 0 amide bonds. The molecule has 0 saturated heterocycles. The summed E-state index contributed by atoms with van der Waals surface area (Å²) < 4.78 is 5.45. The molecule has 0 bridgehead atoms. The maximum atomic E-state index is 5.45. The fraction of sp³-hybridized carbons (Fsp3) is 0.467. The van der Waals surface area contributed by atoms with Gasteiger partial charge in [0.25, 0.3) is 0 Å². The maximum absolute atomic E-state index is 5.45. The van der Waals surface area contributed by atoms with Gasteiger partial charge in [-0.1, -0.05) is 37.2 Å². The van der Waals surface area contributed by atoms with Gasteiger partial charge in [0, 0.05) is 18.0 Å². The topological polar surface area (TPSA) is 51.0 Å². The SMILES string of the molecule is CC1(C)CC1c1noc(C2Cc3ccccc3N2)n1. The van der Waals surface area contributed by atoms with Crippen LogP contribution >= 0.6 is 0 Å². The van der Waals surface area contributed by atoms with Crippen LogP contribution < -0.4 is 5.32 Å². The molecule has 19 heavy (non-hydrogen) atoms. The molecular weight excluding hydrogens is 238 g/mol. The van der Waals surface area contributed by atoms with Crippen LogP contribution in [0.15, 0.2) is 28.8 Å². The van der Waals surface area contributed by atoms with Crippen molar-refractivity contribution in [2.75, 3.05) is 5.32 Å². The Bertz CT molecular complexity index is 607. The lowest BCUT2D eigenvalue weighted by atomic mass is 10.1. The van der Waals surface area contributed by atoms with Crippen LogP contribution in [0.3, 0.4) is 0 Å². The molecule has 0 spiro atoms. The van der Waals surface area contributed by atoms with Crippen molar-refractivity contribution in [2.24, 2.45) is 5.41 Å². The van der Waals surface area contributed by atoms with E-state index in [-0.39, 0.29) is 6.04 Å². The highest BCUT2D eigenvalue weighted by atomic mass is 16.5. The third-order valence-electron chi connectivity index (χ3n) is 4.35. The van der Waals surface area contributed by atoms with Crippen LogP contribution in [-0.2, 0) is 6.42 Å². The summed E-state index contributed by atoms with van der Waals surface area (Å²) in [7, 11) is 0. The number of hydrogen-bond acceptors (Lipinski definition) is 4. The van der Waals surface area contributed by atoms with E-state index in [2.05, 4.69) is 47.5 Å². The number of aromatic nitrogens is 2. The molecule has 2 unspecified atom stereocenters. The average molecular weight is 255 g/mol. The van der Waals surface area contributed by atoms with Crippen molar-refractivity contribution in [1.82, 2.24) is 10.1 Å². The van der Waals surface area contributed by atoms with E-state index in [1.807, 2.05) is 6.07 Å². The number of fused-ring (bicyclic) bond motifs is 1. The van der Waals surface area contributed by atoms with Gasteiger partial charge in [0.05, 0.1) is 0 Å². The van der Waals surface area contributed by atoms with Gasteiger partial charge in [-0.2, -0.15) is 4.98 Å². The van der Waals surface area contributed by atoms with Crippen molar-refractivity contribution >= 4 is 5.69 Å². The minimum absolute atomic E-state index is 0.125. The number of para-hydroxylation sites is 1. The zero-order chi connectivity index (χ0) is 13.0. The Labute approximate surface area is 112 Å². The van der Waals surface area contributed by atoms with Crippen LogP contribution in [-0.4, -0.2) is 10.1 Å². The molecule has 2 atom stereocenters. The van der Waals surface area contributed by atoms with Crippen molar-refractivity contribution in [2.45, 2.75) is 38.6 Å². The van der Waals surface area contributed by atoms with Crippen molar-refractivity contribution in [3.05, 3.63) is 41.5 Å². The highest BCUT2D eigenvalue weighted by molar-refractivity contribution is 5.56. The van der Waals surface area contributed by atoms with E-state index in [0.29, 0.717) is 17.2 Å². The van der Waals surface area contributed by atoms with Crippen LogP contribution in [0.1, 0.15) is 49.5 Å². The second-order valence-corrected chi connectivity index (χ2v) is 6.29. The van der Waals surface area contributed by atoms with Crippen molar-refractivity contribution in [3.63, 3.8) is 0 Å². The monoisotopic (exact) mass is 255 g/mol. The molecule has 2 aliphatic rings. The molecule has 1 aliphatic carbocycles. The Morgan fingerprint density at radius 2 is 2.11 bits per heavy atom. The molecule has 1 aliphatic heterocycles. The summed E-state index contributed by atoms with van der Waals surface area (Å²) in [5.41, 5.74) is 2.84. The van der Waals surface area contributed by atoms with E-state index >= 15 is 0 Å². The summed E-state index contributed by atoms with van der Waals surface area (Å²) in [4.78, 5) is 4.59. The van der Waals surface area contributed by atoms with Gasteiger partial charge in [0.15, 0.2) is 5.82 Å². The normalized spacial score (nSPS) is 26.8. The average Bonchev–Trinajstić information content (AvgIpc) is 2.85. The highest BCUT2D eigenvalue weighted by Crippen LogP contribution is 2.57. The highest BCUT2D eigenvalue weighted by Gasteiger charge is 2.49. The van der Waals surface area contributed by atoms with Gasteiger partial charge in [0.2, 0.25) is 5.89 Å². The molecule has 4 nitrogen and oxygen atoms in total. The number of rotatable bonds is 2. The Hall–Kier alpha value is -1.84. The summed E-state index contributed by atoms with van der Waals surface area (Å²) in [6.07, 6.45) is 2.08. The van der Waals surface area contributed by atoms with Crippen molar-refractivity contribution in [3.8, 4) is 0 Å². The molecule has 0 radical (unpaired) electrons. The number of nitrogens with one attached hydrogen (secondary N) is 1. The first-order valence-corrected chi connectivity index (χ1v) is 6.81. The van der Waals surface area contributed by atoms with Gasteiger partial charge >= 0.3 is 0 Å².